The molecule has 0 spiro atoms. The highest BCUT2D eigenvalue weighted by Crippen LogP contribution is 2.09. The van der Waals surface area contributed by atoms with Gasteiger partial charge in [0, 0.05) is 5.57 Å². The first kappa shape index (κ1) is 11.7. The Kier molecular flexibility index (Phi) is 3.98. The van der Waals surface area contributed by atoms with Crippen molar-refractivity contribution in [2.75, 3.05) is 0 Å². The van der Waals surface area contributed by atoms with Crippen molar-refractivity contribution in [1.29, 1.82) is 5.26 Å². The van der Waals surface area contributed by atoms with Crippen molar-refractivity contribution < 1.29 is 4.92 Å². The second-order valence-corrected chi connectivity index (χ2v) is 3.14. The van der Waals surface area contributed by atoms with E-state index in [0.717, 1.165) is 5.56 Å². The minimum Gasteiger partial charge on any atom is -0.258 e. The van der Waals surface area contributed by atoms with Crippen LogP contribution >= 0.6 is 0 Å². The average Bonchev–Trinajstić information content (AvgIpc) is 2.28. The van der Waals surface area contributed by atoms with E-state index in [2.05, 4.69) is 0 Å². The van der Waals surface area contributed by atoms with Gasteiger partial charge >= 0.3 is 5.70 Å². The van der Waals surface area contributed by atoms with Crippen LogP contribution in [0.4, 0.5) is 0 Å². The van der Waals surface area contributed by atoms with E-state index in [0.29, 0.717) is 5.57 Å². The predicted molar refractivity (Wildman–Crippen MR) is 60.8 cm³/mol. The van der Waals surface area contributed by atoms with E-state index in [-0.39, 0.29) is 0 Å². The van der Waals surface area contributed by atoms with Crippen LogP contribution in [0.5, 0.6) is 0 Å². The maximum Gasteiger partial charge on any atom is 0.348 e. The van der Waals surface area contributed by atoms with E-state index in [1.54, 1.807) is 25.1 Å². The maximum atomic E-state index is 10.5. The van der Waals surface area contributed by atoms with Crippen molar-refractivity contribution >= 4 is 6.08 Å². The Morgan fingerprint density at radius 3 is 2.56 bits per heavy atom. The Labute approximate surface area is 93.3 Å². The number of hydrogen-bond acceptors (Lipinski definition) is 3. The van der Waals surface area contributed by atoms with Crippen LogP contribution in [-0.2, 0) is 0 Å². The molecule has 0 unspecified atom stereocenters. The number of nitrogens with zero attached hydrogens (tertiary/aromatic N) is 2. The molecule has 0 aliphatic carbocycles. The predicted octanol–water partition coefficient (Wildman–Crippen LogP) is 2.77. The van der Waals surface area contributed by atoms with E-state index in [1.165, 1.54) is 0 Å². The summed E-state index contributed by atoms with van der Waals surface area (Å²) in [7, 11) is 0. The normalized spacial score (nSPS) is 12.0. The van der Waals surface area contributed by atoms with Gasteiger partial charge < -0.3 is 0 Å². The third-order valence-corrected chi connectivity index (χ3v) is 1.99. The van der Waals surface area contributed by atoms with Gasteiger partial charge in [0.2, 0.25) is 0 Å². The summed E-state index contributed by atoms with van der Waals surface area (Å²) in [6.07, 6.45) is 3.30. The van der Waals surface area contributed by atoms with E-state index in [9.17, 15) is 10.1 Å². The first-order chi connectivity index (χ1) is 7.65. The molecule has 4 heteroatoms. The third kappa shape index (κ3) is 3.07. The lowest BCUT2D eigenvalue weighted by molar-refractivity contribution is -0.418. The van der Waals surface area contributed by atoms with Gasteiger partial charge in [-0.3, -0.25) is 10.1 Å². The first-order valence-electron chi connectivity index (χ1n) is 4.63. The molecular formula is C12H10N2O2. The van der Waals surface area contributed by atoms with Gasteiger partial charge in [-0.05, 0) is 12.5 Å². The Hall–Kier alpha value is -2.41. The monoisotopic (exact) mass is 214 g/mol. The molecule has 0 heterocycles. The number of allylic oxidation sites excluding steroid dienone is 3. The van der Waals surface area contributed by atoms with Gasteiger partial charge in [0.05, 0.1) is 4.92 Å². The summed E-state index contributed by atoms with van der Waals surface area (Å²) in [5.41, 5.74) is 0.853. The van der Waals surface area contributed by atoms with Crippen LogP contribution in [0.1, 0.15) is 12.5 Å². The molecular weight excluding hydrogens is 204 g/mol. The topological polar surface area (TPSA) is 66.9 Å². The highest BCUT2D eigenvalue weighted by Gasteiger charge is 2.11. The van der Waals surface area contributed by atoms with Crippen LogP contribution in [0.3, 0.4) is 0 Å². The Bertz CT molecular complexity index is 481. The molecule has 0 fully saturated rings. The van der Waals surface area contributed by atoms with Crippen LogP contribution < -0.4 is 0 Å². The molecule has 16 heavy (non-hydrogen) atoms. The van der Waals surface area contributed by atoms with Gasteiger partial charge in [-0.15, -0.1) is 0 Å². The van der Waals surface area contributed by atoms with Crippen LogP contribution in [0, 0.1) is 21.4 Å². The summed E-state index contributed by atoms with van der Waals surface area (Å²) in [4.78, 5) is 9.80. The molecule has 0 atom stereocenters. The van der Waals surface area contributed by atoms with E-state index >= 15 is 0 Å². The zero-order valence-corrected chi connectivity index (χ0v) is 8.75. The van der Waals surface area contributed by atoms with Crippen LogP contribution in [0.2, 0.25) is 0 Å². The summed E-state index contributed by atoms with van der Waals surface area (Å²) in [6.45, 7) is 1.54. The number of nitriles is 1. The van der Waals surface area contributed by atoms with Gasteiger partial charge in [0.1, 0.15) is 0 Å². The van der Waals surface area contributed by atoms with Gasteiger partial charge in [-0.2, -0.15) is 5.26 Å². The molecule has 1 rings (SSSR count). The summed E-state index contributed by atoms with van der Waals surface area (Å²) in [6, 6.07) is 11.0. The fourth-order valence-corrected chi connectivity index (χ4v) is 1.14. The van der Waals surface area contributed by atoms with Crippen molar-refractivity contribution in [3.8, 4) is 6.07 Å². The van der Waals surface area contributed by atoms with Crippen molar-refractivity contribution in [3.05, 3.63) is 63.4 Å². The molecule has 0 saturated carbocycles. The largest absolute Gasteiger partial charge is 0.348 e. The number of hydrogen-bond donors (Lipinski definition) is 0. The molecule has 1 aromatic rings. The second kappa shape index (κ2) is 5.47. The summed E-state index contributed by atoms with van der Waals surface area (Å²) < 4.78 is 0. The molecule has 1 aromatic carbocycles. The number of rotatable bonds is 3. The minimum atomic E-state index is -0.676. The quantitative estimate of drug-likeness (QED) is 0.336. The van der Waals surface area contributed by atoms with Gasteiger partial charge in [-0.25, -0.2) is 0 Å². The lowest BCUT2D eigenvalue weighted by Gasteiger charge is -1.93. The van der Waals surface area contributed by atoms with E-state index in [1.807, 2.05) is 30.3 Å². The summed E-state index contributed by atoms with van der Waals surface area (Å²) >= 11 is 0. The fourth-order valence-electron chi connectivity index (χ4n) is 1.14. The fraction of sp³-hybridized carbons (Fsp3) is 0.0833. The molecule has 0 N–H and O–H groups in total. The van der Waals surface area contributed by atoms with Crippen molar-refractivity contribution in [3.63, 3.8) is 0 Å². The highest BCUT2D eigenvalue weighted by molar-refractivity contribution is 5.53. The van der Waals surface area contributed by atoms with Gasteiger partial charge in [0.15, 0.2) is 6.07 Å². The second-order valence-electron chi connectivity index (χ2n) is 3.14. The van der Waals surface area contributed by atoms with Crippen LogP contribution in [-0.4, -0.2) is 4.92 Å². The molecule has 0 saturated heterocycles. The standard InChI is InChI=1S/C12H10N2O2/c1-10(12(9-13)14(15)16)7-8-11-5-3-2-4-6-11/h2-8H,1H3. The molecule has 0 aliphatic rings. The van der Waals surface area contributed by atoms with Crippen molar-refractivity contribution in [2.24, 2.45) is 0 Å². The van der Waals surface area contributed by atoms with Crippen LogP contribution in [0.15, 0.2) is 47.7 Å². The van der Waals surface area contributed by atoms with Crippen LogP contribution in [0.25, 0.3) is 6.08 Å². The SMILES string of the molecule is CC(C=Cc1ccccc1)=C(C#N)[N+](=O)[O-]. The van der Waals surface area contributed by atoms with E-state index in [4.69, 9.17) is 5.26 Å². The van der Waals surface area contributed by atoms with Crippen molar-refractivity contribution in [2.45, 2.75) is 6.92 Å². The molecule has 0 amide bonds. The van der Waals surface area contributed by atoms with Gasteiger partial charge in [0.25, 0.3) is 0 Å². The lowest BCUT2D eigenvalue weighted by atomic mass is 10.1. The Morgan fingerprint density at radius 2 is 2.06 bits per heavy atom. The minimum absolute atomic E-state index is 0.344. The average molecular weight is 214 g/mol. The zero-order chi connectivity index (χ0) is 12.0. The molecule has 0 radical (unpaired) electrons. The Morgan fingerprint density at radius 1 is 1.44 bits per heavy atom. The molecule has 4 nitrogen and oxygen atoms in total. The molecule has 0 bridgehead atoms. The number of benzene rings is 1. The summed E-state index contributed by atoms with van der Waals surface area (Å²) in [5, 5.41) is 19.1. The lowest BCUT2D eigenvalue weighted by Crippen LogP contribution is -1.97. The number of nitro groups is 1. The molecule has 0 aromatic heterocycles. The maximum absolute atomic E-state index is 10.5. The summed E-state index contributed by atoms with van der Waals surface area (Å²) in [5.74, 6) is 0. The Balaban J connectivity index is 2.94. The van der Waals surface area contributed by atoms with Gasteiger partial charge in [-0.1, -0.05) is 42.5 Å². The smallest absolute Gasteiger partial charge is 0.258 e. The zero-order valence-electron chi connectivity index (χ0n) is 8.75. The highest BCUT2D eigenvalue weighted by atomic mass is 16.6. The van der Waals surface area contributed by atoms with E-state index < -0.39 is 10.6 Å². The molecule has 80 valence electrons. The molecule has 0 aliphatic heterocycles. The van der Waals surface area contributed by atoms with Crippen molar-refractivity contribution in [1.82, 2.24) is 0 Å². The third-order valence-electron chi connectivity index (χ3n) is 1.99. The first-order valence-corrected chi connectivity index (χ1v) is 4.63.